The van der Waals surface area contributed by atoms with Crippen LogP contribution in [0.3, 0.4) is 0 Å². The molecule has 0 aliphatic carbocycles. The van der Waals surface area contributed by atoms with E-state index in [2.05, 4.69) is 174 Å². The van der Waals surface area contributed by atoms with Gasteiger partial charge in [-0.2, -0.15) is 0 Å². The number of anilines is 4. The van der Waals surface area contributed by atoms with Gasteiger partial charge in [-0.3, -0.25) is 0 Å². The summed E-state index contributed by atoms with van der Waals surface area (Å²) in [6.45, 7) is 0.792. The summed E-state index contributed by atoms with van der Waals surface area (Å²) in [5.41, 5.74) is 10.1. The quantitative estimate of drug-likeness (QED) is 0.216. The van der Waals surface area contributed by atoms with Gasteiger partial charge in [0.1, 0.15) is 5.58 Å². The van der Waals surface area contributed by atoms with Gasteiger partial charge >= 0.3 is 0 Å². The van der Waals surface area contributed by atoms with Crippen molar-refractivity contribution in [2.24, 2.45) is 0 Å². The predicted molar refractivity (Wildman–Crippen MR) is 194 cm³/mol. The van der Waals surface area contributed by atoms with E-state index in [0.717, 1.165) is 46.0 Å². The van der Waals surface area contributed by atoms with Gasteiger partial charge < -0.3 is 14.6 Å². The molecule has 0 spiro atoms. The molecule has 0 radical (unpaired) electrons. The van der Waals surface area contributed by atoms with Gasteiger partial charge in [0.25, 0.3) is 0 Å². The summed E-state index contributed by atoms with van der Waals surface area (Å²) >= 11 is 0. The van der Waals surface area contributed by atoms with Crippen molar-refractivity contribution in [1.82, 2.24) is 0 Å². The molecule has 3 heteroatoms. The van der Waals surface area contributed by atoms with Crippen LogP contribution in [0.5, 0.6) is 0 Å². The summed E-state index contributed by atoms with van der Waals surface area (Å²) in [5, 5.41) is 9.61. The Hall–Kier alpha value is -6.06. The van der Waals surface area contributed by atoms with Crippen LogP contribution in [-0.2, 0) is 0 Å². The van der Waals surface area contributed by atoms with Crippen molar-refractivity contribution in [3.05, 3.63) is 163 Å². The molecule has 0 saturated carbocycles. The largest absolute Gasteiger partial charge is 0.454 e. The first kappa shape index (κ1) is 26.4. The Morgan fingerprint density at radius 1 is 0.500 bits per heavy atom. The zero-order valence-corrected chi connectivity index (χ0v) is 25.2. The third-order valence-corrected chi connectivity index (χ3v) is 9.08. The Labute approximate surface area is 267 Å². The number of hydrogen-bond acceptors (Lipinski definition) is 3. The molecule has 0 atom stereocenters. The van der Waals surface area contributed by atoms with Crippen LogP contribution in [0.15, 0.2) is 162 Å². The van der Waals surface area contributed by atoms with E-state index < -0.39 is 0 Å². The van der Waals surface area contributed by atoms with Crippen LogP contribution < -0.4 is 10.2 Å². The van der Waals surface area contributed by atoms with Crippen LogP contribution >= 0.6 is 0 Å². The standard InChI is InChI=1S/C43H30N2O/c1-3-12-36-29(8-1)10-5-14-38(36)31-17-21-33(22-18-31)45(35-25-26-41-40(28-35)43-42(46-41)16-7-27-44-43)34-23-19-32(20-24-34)39-15-6-11-30-9-2-4-13-37(30)39/h1-26,28,44H,27H2. The highest BCUT2D eigenvalue weighted by atomic mass is 16.3. The predicted octanol–water partition coefficient (Wildman–Crippen LogP) is 12.0. The molecule has 8 aromatic rings. The van der Waals surface area contributed by atoms with Crippen molar-refractivity contribution in [1.29, 1.82) is 0 Å². The Balaban J connectivity index is 1.16. The van der Waals surface area contributed by atoms with Crippen molar-refractivity contribution in [3.8, 4) is 22.3 Å². The molecule has 1 N–H and O–H groups in total. The number of nitrogens with zero attached hydrogens (tertiary/aromatic N) is 1. The molecule has 3 nitrogen and oxygen atoms in total. The van der Waals surface area contributed by atoms with E-state index in [1.54, 1.807) is 0 Å². The monoisotopic (exact) mass is 590 g/mol. The molecule has 2 heterocycles. The molecule has 0 bridgehead atoms. The Morgan fingerprint density at radius 2 is 1.04 bits per heavy atom. The van der Waals surface area contributed by atoms with E-state index in [1.807, 2.05) is 0 Å². The van der Waals surface area contributed by atoms with E-state index in [4.69, 9.17) is 4.42 Å². The maximum Gasteiger partial charge on any atom is 0.151 e. The minimum absolute atomic E-state index is 0.792. The molecular weight excluding hydrogens is 560 g/mol. The second-order valence-electron chi connectivity index (χ2n) is 11.8. The molecule has 0 fully saturated rings. The van der Waals surface area contributed by atoms with Crippen LogP contribution in [0, 0.1) is 0 Å². The number of fused-ring (bicyclic) bond motifs is 5. The van der Waals surface area contributed by atoms with Crippen LogP contribution in [0.25, 0.3) is 60.8 Å². The Morgan fingerprint density at radius 3 is 1.65 bits per heavy atom. The third kappa shape index (κ3) is 4.44. The van der Waals surface area contributed by atoms with E-state index in [-0.39, 0.29) is 0 Å². The van der Waals surface area contributed by atoms with Gasteiger partial charge in [-0.05, 0) is 92.3 Å². The smallest absolute Gasteiger partial charge is 0.151 e. The second kappa shape index (κ2) is 10.8. The average molecular weight is 591 g/mol. The fraction of sp³-hybridized carbons (Fsp3) is 0.0233. The van der Waals surface area contributed by atoms with Gasteiger partial charge in [-0.25, -0.2) is 0 Å². The average Bonchev–Trinajstić information content (AvgIpc) is 3.50. The topological polar surface area (TPSA) is 28.4 Å². The first-order chi connectivity index (χ1) is 22.8. The van der Waals surface area contributed by atoms with Gasteiger partial charge in [-0.1, -0.05) is 115 Å². The van der Waals surface area contributed by atoms with Crippen molar-refractivity contribution >= 4 is 61.3 Å². The SMILES string of the molecule is C1=Cc2oc3ccc(N(c4ccc(-c5cccc6ccccc56)cc4)c4ccc(-c5cccc6ccccc56)cc4)cc3c2NC1. The molecule has 0 unspecified atom stereocenters. The summed E-state index contributed by atoms with van der Waals surface area (Å²) in [7, 11) is 0. The van der Waals surface area contributed by atoms with E-state index in [9.17, 15) is 0 Å². The normalized spacial score (nSPS) is 12.3. The van der Waals surface area contributed by atoms with E-state index in [0.29, 0.717) is 0 Å². The van der Waals surface area contributed by atoms with Crippen molar-refractivity contribution < 1.29 is 4.42 Å². The molecule has 9 rings (SSSR count). The molecule has 1 aromatic heterocycles. The van der Waals surface area contributed by atoms with Gasteiger partial charge in [0, 0.05) is 29.0 Å². The Bertz CT molecular complexity index is 2280. The fourth-order valence-corrected chi connectivity index (χ4v) is 6.85. The minimum Gasteiger partial charge on any atom is -0.454 e. The molecule has 1 aliphatic heterocycles. The molecule has 7 aromatic carbocycles. The lowest BCUT2D eigenvalue weighted by molar-refractivity contribution is 0.604. The summed E-state index contributed by atoms with van der Waals surface area (Å²) in [6.07, 6.45) is 4.15. The summed E-state index contributed by atoms with van der Waals surface area (Å²) < 4.78 is 6.17. The summed E-state index contributed by atoms with van der Waals surface area (Å²) in [6, 6.07) is 54.5. The maximum absolute atomic E-state index is 6.17. The number of benzene rings is 7. The molecular formula is C43H30N2O. The second-order valence-corrected chi connectivity index (χ2v) is 11.8. The zero-order valence-electron chi connectivity index (χ0n) is 25.2. The lowest BCUT2D eigenvalue weighted by atomic mass is 9.97. The van der Waals surface area contributed by atoms with E-state index >= 15 is 0 Å². The van der Waals surface area contributed by atoms with Crippen LogP contribution in [-0.4, -0.2) is 6.54 Å². The highest BCUT2D eigenvalue weighted by molar-refractivity contribution is 6.00. The van der Waals surface area contributed by atoms with Gasteiger partial charge in [0.2, 0.25) is 0 Å². The molecule has 0 saturated heterocycles. The summed E-state index contributed by atoms with van der Waals surface area (Å²) in [4.78, 5) is 2.33. The van der Waals surface area contributed by atoms with Crippen LogP contribution in [0.4, 0.5) is 22.7 Å². The number of hydrogen-bond donors (Lipinski definition) is 1. The van der Waals surface area contributed by atoms with Gasteiger partial charge in [-0.15, -0.1) is 0 Å². The Kier molecular flexibility index (Phi) is 6.20. The van der Waals surface area contributed by atoms with Crippen LogP contribution in [0.1, 0.15) is 5.76 Å². The van der Waals surface area contributed by atoms with Gasteiger partial charge in [0.05, 0.1) is 5.69 Å². The number of rotatable bonds is 5. The van der Waals surface area contributed by atoms with E-state index in [1.165, 1.54) is 43.8 Å². The van der Waals surface area contributed by atoms with Gasteiger partial charge in [0.15, 0.2) is 5.76 Å². The van der Waals surface area contributed by atoms with Crippen molar-refractivity contribution in [2.45, 2.75) is 0 Å². The maximum atomic E-state index is 6.17. The highest BCUT2D eigenvalue weighted by Gasteiger charge is 2.19. The number of furan rings is 1. The number of nitrogens with one attached hydrogen (secondary N) is 1. The first-order valence-electron chi connectivity index (χ1n) is 15.7. The lowest BCUT2D eigenvalue weighted by Crippen LogP contribution is -2.10. The van der Waals surface area contributed by atoms with Crippen LogP contribution in [0.2, 0.25) is 0 Å². The third-order valence-electron chi connectivity index (χ3n) is 9.08. The highest BCUT2D eigenvalue weighted by Crippen LogP contribution is 2.42. The zero-order chi connectivity index (χ0) is 30.5. The molecule has 0 amide bonds. The summed E-state index contributed by atoms with van der Waals surface area (Å²) in [5.74, 6) is 0.879. The molecule has 218 valence electrons. The minimum atomic E-state index is 0.792. The van der Waals surface area contributed by atoms with Crippen molar-refractivity contribution in [3.63, 3.8) is 0 Å². The molecule has 1 aliphatic rings. The lowest BCUT2D eigenvalue weighted by Gasteiger charge is -2.26. The van der Waals surface area contributed by atoms with Crippen molar-refractivity contribution in [2.75, 3.05) is 16.8 Å². The fourth-order valence-electron chi connectivity index (χ4n) is 6.85. The molecule has 46 heavy (non-hydrogen) atoms. The first-order valence-corrected chi connectivity index (χ1v) is 15.7.